The highest BCUT2D eigenvalue weighted by Gasteiger charge is 2.30. The van der Waals surface area contributed by atoms with Gasteiger partial charge in [-0.3, -0.25) is 9.69 Å². The molecule has 3 rings (SSSR count). The zero-order valence-corrected chi connectivity index (χ0v) is 14.6. The number of carbonyl (C=O) groups excluding carboxylic acids is 1. The second-order valence-electron chi connectivity index (χ2n) is 5.18. The van der Waals surface area contributed by atoms with Crippen molar-refractivity contribution in [1.29, 1.82) is 0 Å². The second-order valence-corrected chi connectivity index (χ2v) is 6.38. The Morgan fingerprint density at radius 1 is 1.17 bits per heavy atom. The molecule has 1 saturated heterocycles. The zero-order valence-electron chi connectivity index (χ0n) is 12.3. The standard InChI is InChI=1S/C17H12Cl2N2O2S/c18-12-4-2-1-3-11(12)9-21-16(23)14(20-17(21)24)8-10-5-6-15(22)13(19)7-10/h1-8,22H,9H2,(H,20,24)/b14-8-. The third kappa shape index (κ3) is 3.38. The van der Waals surface area contributed by atoms with E-state index in [0.717, 1.165) is 5.56 Å². The minimum absolute atomic E-state index is 0.0135. The highest BCUT2D eigenvalue weighted by molar-refractivity contribution is 7.80. The van der Waals surface area contributed by atoms with E-state index in [1.54, 1.807) is 24.3 Å². The van der Waals surface area contributed by atoms with E-state index < -0.39 is 0 Å². The van der Waals surface area contributed by atoms with Crippen molar-refractivity contribution < 1.29 is 9.90 Å². The van der Waals surface area contributed by atoms with Crippen LogP contribution in [0.4, 0.5) is 0 Å². The average Bonchev–Trinajstić information content (AvgIpc) is 2.80. The first-order valence-corrected chi connectivity index (χ1v) is 8.18. The largest absolute Gasteiger partial charge is 0.506 e. The minimum Gasteiger partial charge on any atom is -0.506 e. The first kappa shape index (κ1) is 16.8. The SMILES string of the molecule is O=C1/C(=C/c2ccc(O)c(Cl)c2)NC(=S)N1Cc1ccccc1Cl. The van der Waals surface area contributed by atoms with Crippen LogP contribution in [0.1, 0.15) is 11.1 Å². The summed E-state index contributed by atoms with van der Waals surface area (Å²) in [4.78, 5) is 14.0. The van der Waals surface area contributed by atoms with Crippen LogP contribution in [0.25, 0.3) is 6.08 Å². The summed E-state index contributed by atoms with van der Waals surface area (Å²) in [6.45, 7) is 0.290. The van der Waals surface area contributed by atoms with Gasteiger partial charge in [-0.15, -0.1) is 0 Å². The molecule has 1 aliphatic rings. The number of benzene rings is 2. The number of nitrogens with one attached hydrogen (secondary N) is 1. The Hall–Kier alpha value is -2.08. The predicted molar refractivity (Wildman–Crippen MR) is 98.8 cm³/mol. The number of hydrogen-bond donors (Lipinski definition) is 2. The van der Waals surface area contributed by atoms with E-state index in [1.807, 2.05) is 18.2 Å². The Morgan fingerprint density at radius 2 is 1.92 bits per heavy atom. The lowest BCUT2D eigenvalue weighted by Gasteiger charge is -2.14. The molecule has 24 heavy (non-hydrogen) atoms. The Balaban J connectivity index is 1.84. The van der Waals surface area contributed by atoms with Gasteiger partial charge < -0.3 is 10.4 Å². The van der Waals surface area contributed by atoms with Crippen LogP contribution in [0, 0.1) is 0 Å². The summed E-state index contributed by atoms with van der Waals surface area (Å²) >= 11 is 17.3. The van der Waals surface area contributed by atoms with Crippen LogP contribution in [0.3, 0.4) is 0 Å². The fourth-order valence-electron chi connectivity index (χ4n) is 2.29. The molecule has 0 radical (unpaired) electrons. The number of amides is 1. The lowest BCUT2D eigenvalue weighted by molar-refractivity contribution is -0.122. The molecule has 1 heterocycles. The van der Waals surface area contributed by atoms with Crippen LogP contribution in [0.15, 0.2) is 48.2 Å². The number of hydrogen-bond acceptors (Lipinski definition) is 3. The summed E-state index contributed by atoms with van der Waals surface area (Å²) in [5.74, 6) is -0.260. The maximum Gasteiger partial charge on any atom is 0.276 e. The van der Waals surface area contributed by atoms with Crippen LogP contribution >= 0.6 is 35.4 Å². The van der Waals surface area contributed by atoms with Crippen molar-refractivity contribution in [1.82, 2.24) is 10.2 Å². The Kier molecular flexibility index (Phi) is 4.76. The first-order chi connectivity index (χ1) is 11.5. The van der Waals surface area contributed by atoms with Crippen LogP contribution in [0.5, 0.6) is 5.75 Å². The summed E-state index contributed by atoms with van der Waals surface area (Å²) in [5, 5.41) is 13.5. The summed E-state index contributed by atoms with van der Waals surface area (Å²) in [7, 11) is 0. The van der Waals surface area contributed by atoms with Crippen molar-refractivity contribution in [2.45, 2.75) is 6.54 Å². The molecular formula is C17H12Cl2N2O2S. The maximum atomic E-state index is 12.6. The number of nitrogens with zero attached hydrogens (tertiary/aromatic N) is 1. The van der Waals surface area contributed by atoms with E-state index >= 15 is 0 Å². The molecule has 4 nitrogen and oxygen atoms in total. The van der Waals surface area contributed by atoms with E-state index in [9.17, 15) is 9.90 Å². The van der Waals surface area contributed by atoms with Gasteiger partial charge in [-0.25, -0.2) is 0 Å². The average molecular weight is 379 g/mol. The number of phenolic OH excluding ortho intramolecular Hbond substituents is 1. The van der Waals surface area contributed by atoms with Crippen LogP contribution in [-0.4, -0.2) is 21.0 Å². The molecule has 1 amide bonds. The van der Waals surface area contributed by atoms with Gasteiger partial charge >= 0.3 is 0 Å². The van der Waals surface area contributed by atoms with Crippen molar-refractivity contribution in [3.63, 3.8) is 0 Å². The van der Waals surface area contributed by atoms with Crippen molar-refractivity contribution in [2.24, 2.45) is 0 Å². The molecule has 1 fully saturated rings. The molecule has 0 saturated carbocycles. The van der Waals surface area contributed by atoms with E-state index in [-0.39, 0.29) is 23.2 Å². The summed E-state index contributed by atoms with van der Waals surface area (Å²) in [5.41, 5.74) is 1.83. The Labute approximate surface area is 154 Å². The molecule has 0 unspecified atom stereocenters. The quantitative estimate of drug-likeness (QED) is 0.626. The van der Waals surface area contributed by atoms with Gasteiger partial charge in [0.1, 0.15) is 11.4 Å². The molecule has 1 aliphatic heterocycles. The van der Waals surface area contributed by atoms with E-state index in [2.05, 4.69) is 5.32 Å². The maximum absolute atomic E-state index is 12.6. The molecule has 2 aromatic rings. The molecule has 2 aromatic carbocycles. The van der Waals surface area contributed by atoms with E-state index in [4.69, 9.17) is 35.4 Å². The molecule has 2 N–H and O–H groups in total. The van der Waals surface area contributed by atoms with Crippen molar-refractivity contribution >= 4 is 52.5 Å². The molecular weight excluding hydrogens is 367 g/mol. The third-order valence-electron chi connectivity index (χ3n) is 3.53. The number of rotatable bonds is 3. The van der Waals surface area contributed by atoms with Crippen molar-refractivity contribution in [2.75, 3.05) is 0 Å². The molecule has 0 spiro atoms. The topological polar surface area (TPSA) is 52.6 Å². The van der Waals surface area contributed by atoms with Gasteiger partial charge in [0.2, 0.25) is 0 Å². The van der Waals surface area contributed by atoms with Crippen LogP contribution < -0.4 is 5.32 Å². The fourth-order valence-corrected chi connectivity index (χ4v) is 2.93. The molecule has 0 aliphatic carbocycles. The van der Waals surface area contributed by atoms with Gasteiger partial charge in [0.25, 0.3) is 5.91 Å². The zero-order chi connectivity index (χ0) is 17.3. The fraction of sp³-hybridized carbons (Fsp3) is 0.0588. The highest BCUT2D eigenvalue weighted by atomic mass is 35.5. The smallest absolute Gasteiger partial charge is 0.276 e. The van der Waals surface area contributed by atoms with Gasteiger partial charge in [0, 0.05) is 5.02 Å². The molecule has 0 aromatic heterocycles. The number of thiocarbonyl (C=S) groups is 1. The number of carbonyl (C=O) groups is 1. The van der Waals surface area contributed by atoms with Gasteiger partial charge in [-0.2, -0.15) is 0 Å². The van der Waals surface area contributed by atoms with Gasteiger partial charge in [-0.05, 0) is 47.6 Å². The highest BCUT2D eigenvalue weighted by Crippen LogP contribution is 2.26. The summed E-state index contributed by atoms with van der Waals surface area (Å²) in [6.07, 6.45) is 1.63. The normalized spacial score (nSPS) is 15.9. The summed E-state index contributed by atoms with van der Waals surface area (Å²) < 4.78 is 0. The lowest BCUT2D eigenvalue weighted by atomic mass is 10.1. The number of aromatic hydroxyl groups is 1. The van der Waals surface area contributed by atoms with E-state index in [1.165, 1.54) is 11.0 Å². The summed E-state index contributed by atoms with van der Waals surface area (Å²) in [6, 6.07) is 12.0. The van der Waals surface area contributed by atoms with Gasteiger partial charge in [0.05, 0.1) is 11.6 Å². The molecule has 122 valence electrons. The van der Waals surface area contributed by atoms with E-state index in [0.29, 0.717) is 21.4 Å². The van der Waals surface area contributed by atoms with Gasteiger partial charge in [-0.1, -0.05) is 47.5 Å². The van der Waals surface area contributed by atoms with Crippen molar-refractivity contribution in [3.8, 4) is 5.75 Å². The lowest BCUT2D eigenvalue weighted by Crippen LogP contribution is -2.30. The van der Waals surface area contributed by atoms with Crippen LogP contribution in [0.2, 0.25) is 10.0 Å². The van der Waals surface area contributed by atoms with Crippen molar-refractivity contribution in [3.05, 3.63) is 69.3 Å². The van der Waals surface area contributed by atoms with Gasteiger partial charge in [0.15, 0.2) is 5.11 Å². The molecule has 0 atom stereocenters. The predicted octanol–water partition coefficient (Wildman–Crippen LogP) is 3.96. The minimum atomic E-state index is -0.246. The number of phenols is 1. The third-order valence-corrected chi connectivity index (χ3v) is 4.53. The second kappa shape index (κ2) is 6.81. The molecule has 0 bridgehead atoms. The molecule has 7 heteroatoms. The monoisotopic (exact) mass is 378 g/mol. The van der Waals surface area contributed by atoms with Crippen LogP contribution in [-0.2, 0) is 11.3 Å². The number of halogens is 2. The first-order valence-electron chi connectivity index (χ1n) is 7.02. The Morgan fingerprint density at radius 3 is 2.62 bits per heavy atom. The Bertz CT molecular complexity index is 867.